The van der Waals surface area contributed by atoms with Gasteiger partial charge in [0, 0.05) is 30.9 Å². The Kier molecular flexibility index (Phi) is 5.14. The first kappa shape index (κ1) is 16.5. The summed E-state index contributed by atoms with van der Waals surface area (Å²) in [4.78, 5) is 0.158. The van der Waals surface area contributed by atoms with E-state index in [1.807, 2.05) is 0 Å². The van der Waals surface area contributed by atoms with Gasteiger partial charge in [-0.05, 0) is 43.9 Å². The summed E-state index contributed by atoms with van der Waals surface area (Å²) in [6.45, 7) is 2.72. The van der Waals surface area contributed by atoms with Gasteiger partial charge in [0.1, 0.15) is 0 Å². The molecule has 7 heteroatoms. The SMILES string of the molecule is Cc1c(N)cc(Cl)cc1S(=O)(=O)N(C)CC1CCCCO1. The average Bonchev–Trinajstić information content (AvgIpc) is 2.43. The van der Waals surface area contributed by atoms with Gasteiger partial charge in [0.25, 0.3) is 0 Å². The predicted octanol–water partition coefficient (Wildman–Crippen LogP) is 2.42. The van der Waals surface area contributed by atoms with E-state index in [1.54, 1.807) is 20.0 Å². The van der Waals surface area contributed by atoms with Crippen LogP contribution in [0.15, 0.2) is 17.0 Å². The van der Waals surface area contributed by atoms with Crippen LogP contribution in [0.2, 0.25) is 5.02 Å². The first-order valence-electron chi connectivity index (χ1n) is 6.96. The maximum Gasteiger partial charge on any atom is 0.243 e. The number of rotatable bonds is 4. The normalized spacial score (nSPS) is 19.9. The van der Waals surface area contributed by atoms with Gasteiger partial charge < -0.3 is 10.5 Å². The highest BCUT2D eigenvalue weighted by Crippen LogP contribution is 2.28. The molecule has 118 valence electrons. The van der Waals surface area contributed by atoms with Crippen LogP contribution in [-0.2, 0) is 14.8 Å². The van der Waals surface area contributed by atoms with Crippen LogP contribution < -0.4 is 5.73 Å². The van der Waals surface area contributed by atoms with Crippen molar-refractivity contribution in [2.24, 2.45) is 0 Å². The largest absolute Gasteiger partial charge is 0.398 e. The molecule has 0 amide bonds. The lowest BCUT2D eigenvalue weighted by Crippen LogP contribution is -2.37. The van der Waals surface area contributed by atoms with E-state index >= 15 is 0 Å². The number of nitrogen functional groups attached to an aromatic ring is 1. The summed E-state index contributed by atoms with van der Waals surface area (Å²) in [6, 6.07) is 3.00. The fourth-order valence-electron chi connectivity index (χ4n) is 2.45. The molecule has 0 bridgehead atoms. The van der Waals surface area contributed by atoms with Gasteiger partial charge in [-0.1, -0.05) is 11.6 Å². The van der Waals surface area contributed by atoms with E-state index in [0.717, 1.165) is 19.3 Å². The number of nitrogens with zero attached hydrogens (tertiary/aromatic N) is 1. The van der Waals surface area contributed by atoms with Crippen LogP contribution in [0.5, 0.6) is 0 Å². The third kappa shape index (κ3) is 3.69. The van der Waals surface area contributed by atoms with E-state index in [4.69, 9.17) is 22.1 Å². The fourth-order valence-corrected chi connectivity index (χ4v) is 4.22. The summed E-state index contributed by atoms with van der Waals surface area (Å²) >= 11 is 5.94. The molecule has 1 atom stereocenters. The number of likely N-dealkylation sites (N-methyl/N-ethyl adjacent to an activating group) is 1. The summed E-state index contributed by atoms with van der Waals surface area (Å²) in [6.07, 6.45) is 2.95. The number of hydrogen-bond donors (Lipinski definition) is 1. The second-order valence-electron chi connectivity index (χ2n) is 5.39. The van der Waals surface area contributed by atoms with E-state index in [9.17, 15) is 8.42 Å². The van der Waals surface area contributed by atoms with Gasteiger partial charge >= 0.3 is 0 Å². The van der Waals surface area contributed by atoms with E-state index in [0.29, 0.717) is 29.4 Å². The van der Waals surface area contributed by atoms with Gasteiger partial charge in [-0.3, -0.25) is 0 Å². The Morgan fingerprint density at radius 2 is 2.14 bits per heavy atom. The van der Waals surface area contributed by atoms with Crippen molar-refractivity contribution in [2.45, 2.75) is 37.2 Å². The first-order valence-corrected chi connectivity index (χ1v) is 8.77. The van der Waals surface area contributed by atoms with E-state index in [1.165, 1.54) is 10.4 Å². The molecule has 0 aromatic heterocycles. The third-order valence-electron chi connectivity index (χ3n) is 3.79. The van der Waals surface area contributed by atoms with Crippen molar-refractivity contribution < 1.29 is 13.2 Å². The van der Waals surface area contributed by atoms with E-state index in [-0.39, 0.29) is 11.0 Å². The Bertz CT molecular complexity index is 613. The Labute approximate surface area is 131 Å². The van der Waals surface area contributed by atoms with Crippen LogP contribution in [0.4, 0.5) is 5.69 Å². The molecule has 1 heterocycles. The molecule has 0 saturated carbocycles. The van der Waals surface area contributed by atoms with Gasteiger partial charge in [-0.25, -0.2) is 8.42 Å². The van der Waals surface area contributed by atoms with Gasteiger partial charge in [0.15, 0.2) is 0 Å². The van der Waals surface area contributed by atoms with Crippen LogP contribution in [0.25, 0.3) is 0 Å². The topological polar surface area (TPSA) is 72.6 Å². The van der Waals surface area contributed by atoms with E-state index < -0.39 is 10.0 Å². The fraction of sp³-hybridized carbons (Fsp3) is 0.571. The molecule has 1 aromatic rings. The minimum absolute atomic E-state index is 0.0460. The molecule has 1 aliphatic heterocycles. The average molecular weight is 333 g/mol. The number of nitrogens with two attached hydrogens (primary N) is 1. The number of hydrogen-bond acceptors (Lipinski definition) is 4. The number of ether oxygens (including phenoxy) is 1. The number of benzene rings is 1. The molecular weight excluding hydrogens is 312 g/mol. The highest BCUT2D eigenvalue weighted by atomic mass is 35.5. The van der Waals surface area contributed by atoms with Crippen LogP contribution >= 0.6 is 11.6 Å². The monoisotopic (exact) mass is 332 g/mol. The second kappa shape index (κ2) is 6.52. The Morgan fingerprint density at radius 1 is 1.43 bits per heavy atom. The lowest BCUT2D eigenvalue weighted by atomic mass is 10.1. The van der Waals surface area contributed by atoms with Crippen molar-refractivity contribution in [2.75, 3.05) is 25.9 Å². The van der Waals surface area contributed by atoms with Crippen LogP contribution in [0.1, 0.15) is 24.8 Å². The lowest BCUT2D eigenvalue weighted by Gasteiger charge is -2.27. The smallest absolute Gasteiger partial charge is 0.243 e. The molecule has 1 aromatic carbocycles. The zero-order valence-electron chi connectivity index (χ0n) is 12.3. The molecule has 0 radical (unpaired) electrons. The maximum absolute atomic E-state index is 12.7. The summed E-state index contributed by atoms with van der Waals surface area (Å²) in [5.74, 6) is 0. The maximum atomic E-state index is 12.7. The van der Waals surface area contributed by atoms with Crippen LogP contribution in [0, 0.1) is 6.92 Å². The van der Waals surface area contributed by atoms with Crippen molar-refractivity contribution in [1.29, 1.82) is 0 Å². The number of sulfonamides is 1. The van der Waals surface area contributed by atoms with E-state index in [2.05, 4.69) is 0 Å². The zero-order valence-corrected chi connectivity index (χ0v) is 13.9. The molecule has 5 nitrogen and oxygen atoms in total. The molecule has 0 aliphatic carbocycles. The molecule has 2 rings (SSSR count). The molecule has 0 spiro atoms. The molecule has 1 fully saturated rings. The first-order chi connectivity index (χ1) is 9.82. The van der Waals surface area contributed by atoms with Gasteiger partial charge in [0.05, 0.1) is 11.0 Å². The van der Waals surface area contributed by atoms with Crippen LogP contribution in [0.3, 0.4) is 0 Å². The third-order valence-corrected chi connectivity index (χ3v) is 5.96. The van der Waals surface area contributed by atoms with Crippen molar-refractivity contribution >= 4 is 27.3 Å². The lowest BCUT2D eigenvalue weighted by molar-refractivity contribution is 0.00858. The summed E-state index contributed by atoms with van der Waals surface area (Å²) in [7, 11) is -2.07. The molecule has 1 unspecified atom stereocenters. The minimum Gasteiger partial charge on any atom is -0.398 e. The quantitative estimate of drug-likeness (QED) is 0.859. The van der Waals surface area contributed by atoms with Crippen molar-refractivity contribution in [3.8, 4) is 0 Å². The molecule has 1 saturated heterocycles. The summed E-state index contributed by atoms with van der Waals surface area (Å²) in [5, 5.41) is 0.319. The predicted molar refractivity (Wildman–Crippen MR) is 84.0 cm³/mol. The summed E-state index contributed by atoms with van der Waals surface area (Å²) in [5.41, 5.74) is 6.71. The molecule has 1 aliphatic rings. The minimum atomic E-state index is -3.63. The Morgan fingerprint density at radius 3 is 2.76 bits per heavy atom. The van der Waals surface area contributed by atoms with Crippen molar-refractivity contribution in [3.05, 3.63) is 22.7 Å². The van der Waals surface area contributed by atoms with Gasteiger partial charge in [-0.2, -0.15) is 4.31 Å². The number of halogens is 1. The highest BCUT2D eigenvalue weighted by Gasteiger charge is 2.27. The second-order valence-corrected chi connectivity index (χ2v) is 7.84. The van der Waals surface area contributed by atoms with Crippen molar-refractivity contribution in [1.82, 2.24) is 4.31 Å². The Balaban J connectivity index is 2.24. The van der Waals surface area contributed by atoms with Crippen LogP contribution in [-0.4, -0.2) is 39.0 Å². The Hall–Kier alpha value is -0.820. The van der Waals surface area contributed by atoms with Gasteiger partial charge in [-0.15, -0.1) is 0 Å². The standard InChI is InChI=1S/C14H21ClN2O3S/c1-10-13(16)7-11(15)8-14(10)21(18,19)17(2)9-12-5-3-4-6-20-12/h7-8,12H,3-6,9,16H2,1-2H3. The highest BCUT2D eigenvalue weighted by molar-refractivity contribution is 7.89. The van der Waals surface area contributed by atoms with Crippen molar-refractivity contribution in [3.63, 3.8) is 0 Å². The molecule has 21 heavy (non-hydrogen) atoms. The van der Waals surface area contributed by atoms with Gasteiger partial charge in [0.2, 0.25) is 10.0 Å². The molecule has 2 N–H and O–H groups in total. The number of anilines is 1. The summed E-state index contributed by atoms with van der Waals surface area (Å²) < 4.78 is 32.3. The molecular formula is C14H21ClN2O3S. The zero-order chi connectivity index (χ0) is 15.6.